The Hall–Kier alpha value is -3.81. The van der Waals surface area contributed by atoms with Crippen molar-refractivity contribution in [3.05, 3.63) is 78.3 Å². The molecule has 218 valence electrons. The highest BCUT2D eigenvalue weighted by atomic mass is 19.1. The molecule has 0 aromatic heterocycles. The third kappa shape index (κ3) is 6.92. The second kappa shape index (κ2) is 13.2. The molecule has 8 heteroatoms. The summed E-state index contributed by atoms with van der Waals surface area (Å²) in [5, 5.41) is 2.65. The summed E-state index contributed by atoms with van der Waals surface area (Å²) < 4.78 is 19.3. The minimum absolute atomic E-state index is 0.00381. The van der Waals surface area contributed by atoms with Crippen LogP contribution in [0.3, 0.4) is 0 Å². The van der Waals surface area contributed by atoms with Gasteiger partial charge in [-0.2, -0.15) is 0 Å². The number of cyclic esters (lactones) is 1. The Bertz CT molecular complexity index is 1300. The molecule has 1 saturated heterocycles. The number of hydrogen-bond donors (Lipinski definition) is 2. The van der Waals surface area contributed by atoms with Gasteiger partial charge in [0.05, 0.1) is 5.92 Å². The first kappa shape index (κ1) is 30.2. The maximum atomic E-state index is 13.7. The number of esters is 1. The quantitative estimate of drug-likeness (QED) is 0.185. The second-order valence-electron chi connectivity index (χ2n) is 11.4. The van der Waals surface area contributed by atoms with Crippen LogP contribution in [0.1, 0.15) is 51.5 Å². The molecule has 0 radical (unpaired) electrons. The number of allylic oxidation sites excluding steroid dienone is 6. The smallest absolute Gasteiger partial charge is 0.309 e. The number of ether oxygens (including phenoxy) is 1. The molecule has 0 bridgehead atoms. The van der Waals surface area contributed by atoms with Crippen LogP contribution in [0.4, 0.5) is 4.39 Å². The molecular weight excluding hydrogens is 523 g/mol. The normalized spacial score (nSPS) is 29.8. The van der Waals surface area contributed by atoms with E-state index in [1.165, 1.54) is 12.1 Å². The summed E-state index contributed by atoms with van der Waals surface area (Å²) in [5.41, 5.74) is 8.32. The van der Waals surface area contributed by atoms with E-state index in [1.807, 2.05) is 19.1 Å². The van der Waals surface area contributed by atoms with Crippen molar-refractivity contribution in [3.8, 4) is 0 Å². The molecule has 1 aromatic rings. The zero-order valence-electron chi connectivity index (χ0n) is 23.7. The fourth-order valence-electron chi connectivity index (χ4n) is 6.92. The van der Waals surface area contributed by atoms with Crippen LogP contribution < -0.4 is 11.1 Å². The second-order valence-corrected chi connectivity index (χ2v) is 11.4. The summed E-state index contributed by atoms with van der Waals surface area (Å²) >= 11 is 0. The van der Waals surface area contributed by atoms with E-state index in [2.05, 4.69) is 18.0 Å². The van der Waals surface area contributed by atoms with Crippen LogP contribution in [0.5, 0.6) is 0 Å². The van der Waals surface area contributed by atoms with Gasteiger partial charge in [-0.25, -0.2) is 4.39 Å². The Labute approximate surface area is 240 Å². The number of carbonyl (C=O) groups excluding carboxylic acids is 4. The van der Waals surface area contributed by atoms with E-state index in [1.54, 1.807) is 31.2 Å². The lowest BCUT2D eigenvalue weighted by Crippen LogP contribution is -2.46. The topological polar surface area (TPSA) is 116 Å². The summed E-state index contributed by atoms with van der Waals surface area (Å²) in [4.78, 5) is 48.3. The lowest BCUT2D eigenvalue weighted by atomic mass is 9.56. The number of ketones is 2. The molecule has 1 heterocycles. The first-order valence-corrected chi connectivity index (χ1v) is 14.4. The zero-order valence-corrected chi connectivity index (χ0v) is 23.7. The minimum Gasteiger partial charge on any atom is -0.462 e. The fraction of sp³-hybridized carbons (Fsp3) is 0.455. The first-order chi connectivity index (χ1) is 19.6. The summed E-state index contributed by atoms with van der Waals surface area (Å²) in [6.45, 7) is 7.67. The monoisotopic (exact) mass is 562 g/mol. The number of Topliss-reactive ketones (excluding diaryl/α,β-unsaturated/α-hetero) is 2. The van der Waals surface area contributed by atoms with E-state index in [0.29, 0.717) is 23.7 Å². The Morgan fingerprint density at radius 3 is 2.68 bits per heavy atom. The lowest BCUT2D eigenvalue weighted by Gasteiger charge is -2.47. The first-order valence-electron chi connectivity index (χ1n) is 14.4. The van der Waals surface area contributed by atoms with Crippen LogP contribution in [0.2, 0.25) is 0 Å². The SMILES string of the molecule is C=C\C(=C/C=C(N)/C=C/[C@H]1[C@@H]2CC[C@@H](CNC(=O)C(=O)C(=O)CC)C[C@H]2CC2C(=O)O[C@H](C)[C@H]21)c1cccc(F)c1. The number of nitrogens with one attached hydrogen (secondary N) is 1. The molecule has 7 atom stereocenters. The van der Waals surface area contributed by atoms with Crippen molar-refractivity contribution in [1.82, 2.24) is 5.32 Å². The molecule has 4 rings (SSSR count). The molecule has 1 aliphatic heterocycles. The van der Waals surface area contributed by atoms with Gasteiger partial charge in [0, 0.05) is 24.6 Å². The maximum Gasteiger partial charge on any atom is 0.309 e. The van der Waals surface area contributed by atoms with Crippen LogP contribution >= 0.6 is 0 Å². The molecule has 2 aliphatic carbocycles. The highest BCUT2D eigenvalue weighted by Crippen LogP contribution is 2.54. The predicted octanol–water partition coefficient (Wildman–Crippen LogP) is 4.69. The summed E-state index contributed by atoms with van der Waals surface area (Å²) in [6, 6.07) is 6.28. The fourth-order valence-corrected chi connectivity index (χ4v) is 6.92. The van der Waals surface area contributed by atoms with Crippen molar-refractivity contribution in [2.45, 2.75) is 52.1 Å². The van der Waals surface area contributed by atoms with Gasteiger partial charge in [-0.1, -0.05) is 43.9 Å². The molecule has 3 fully saturated rings. The Balaban J connectivity index is 1.48. The van der Waals surface area contributed by atoms with Crippen molar-refractivity contribution in [2.24, 2.45) is 41.2 Å². The van der Waals surface area contributed by atoms with Crippen LogP contribution in [0.15, 0.2) is 66.9 Å². The largest absolute Gasteiger partial charge is 0.462 e. The molecular formula is C33H39FN2O5. The van der Waals surface area contributed by atoms with Crippen molar-refractivity contribution < 1.29 is 28.3 Å². The standard InChI is InChI=1S/C33H39FN2O5/c1-4-21(22-7-6-8-24(34)16-22)10-11-25(35)12-14-27-26-13-9-20(18-36-32(39)31(38)29(37)5-2)15-23(26)17-28-30(27)19(3)41-33(28)40/h4,6-8,10-12,14,16,19-20,23,26-28,30H,1,5,9,13,15,17-18,35H2,2-3H3,(H,36,39)/b14-12+,21-10+,25-11-/t19-,20-,23+,26-,27+,28?,30+/m1/s1. The van der Waals surface area contributed by atoms with E-state index >= 15 is 0 Å². The number of nitrogens with two attached hydrogens (primary N) is 1. The van der Waals surface area contributed by atoms with E-state index in [4.69, 9.17) is 10.5 Å². The zero-order chi connectivity index (χ0) is 29.7. The van der Waals surface area contributed by atoms with Crippen LogP contribution in [-0.2, 0) is 23.9 Å². The van der Waals surface area contributed by atoms with Gasteiger partial charge in [-0.05, 0) is 91.7 Å². The average Bonchev–Trinajstić information content (AvgIpc) is 3.25. The number of rotatable bonds is 10. The van der Waals surface area contributed by atoms with Crippen molar-refractivity contribution in [2.75, 3.05) is 6.54 Å². The van der Waals surface area contributed by atoms with E-state index in [0.717, 1.165) is 31.3 Å². The molecule has 1 unspecified atom stereocenters. The molecule has 7 nitrogen and oxygen atoms in total. The Morgan fingerprint density at radius 2 is 1.98 bits per heavy atom. The van der Waals surface area contributed by atoms with Crippen LogP contribution in [0.25, 0.3) is 5.57 Å². The van der Waals surface area contributed by atoms with Gasteiger partial charge in [-0.3, -0.25) is 19.2 Å². The molecule has 2 saturated carbocycles. The van der Waals surface area contributed by atoms with Gasteiger partial charge in [0.1, 0.15) is 11.9 Å². The summed E-state index contributed by atoms with van der Waals surface area (Å²) in [5.74, 6) is -2.28. The number of amides is 1. The Kier molecular flexibility index (Phi) is 9.73. The molecule has 1 amide bonds. The van der Waals surface area contributed by atoms with Gasteiger partial charge < -0.3 is 15.8 Å². The third-order valence-electron chi connectivity index (χ3n) is 8.93. The van der Waals surface area contributed by atoms with Gasteiger partial charge in [0.15, 0.2) is 0 Å². The average molecular weight is 563 g/mol. The molecule has 41 heavy (non-hydrogen) atoms. The molecule has 1 aromatic carbocycles. The maximum absolute atomic E-state index is 13.7. The van der Waals surface area contributed by atoms with Gasteiger partial charge in [0.2, 0.25) is 5.78 Å². The summed E-state index contributed by atoms with van der Waals surface area (Å²) in [6.07, 6.45) is 12.4. The molecule has 0 spiro atoms. The predicted molar refractivity (Wildman–Crippen MR) is 154 cm³/mol. The minimum atomic E-state index is -0.994. The molecule has 3 N–H and O–H groups in total. The van der Waals surface area contributed by atoms with Crippen LogP contribution in [0, 0.1) is 41.3 Å². The molecule has 3 aliphatic rings. The lowest BCUT2D eigenvalue weighted by molar-refractivity contribution is -0.144. The number of halogens is 1. The van der Waals surface area contributed by atoms with Crippen molar-refractivity contribution >= 4 is 29.0 Å². The van der Waals surface area contributed by atoms with E-state index in [-0.39, 0.29) is 53.9 Å². The van der Waals surface area contributed by atoms with E-state index < -0.39 is 17.5 Å². The number of benzene rings is 1. The number of carbonyl (C=O) groups is 4. The van der Waals surface area contributed by atoms with E-state index in [9.17, 15) is 23.6 Å². The van der Waals surface area contributed by atoms with Crippen molar-refractivity contribution in [1.29, 1.82) is 0 Å². The number of fused-ring (bicyclic) bond motifs is 2. The highest BCUT2D eigenvalue weighted by Gasteiger charge is 2.54. The summed E-state index contributed by atoms with van der Waals surface area (Å²) in [7, 11) is 0. The van der Waals surface area contributed by atoms with Crippen LogP contribution in [-0.4, -0.2) is 36.1 Å². The van der Waals surface area contributed by atoms with Gasteiger partial charge in [-0.15, -0.1) is 0 Å². The number of hydrogen-bond acceptors (Lipinski definition) is 6. The van der Waals surface area contributed by atoms with Gasteiger partial charge in [0.25, 0.3) is 11.7 Å². The van der Waals surface area contributed by atoms with Crippen molar-refractivity contribution in [3.63, 3.8) is 0 Å². The van der Waals surface area contributed by atoms with Gasteiger partial charge >= 0.3 is 5.97 Å². The Morgan fingerprint density at radius 1 is 1.20 bits per heavy atom. The third-order valence-corrected chi connectivity index (χ3v) is 8.93. The highest BCUT2D eigenvalue weighted by molar-refractivity contribution is 6.63.